The van der Waals surface area contributed by atoms with Crippen molar-refractivity contribution < 1.29 is 9.53 Å². The predicted molar refractivity (Wildman–Crippen MR) is 98.9 cm³/mol. The molecule has 1 fully saturated rings. The second-order valence-corrected chi connectivity index (χ2v) is 6.70. The highest BCUT2D eigenvalue weighted by Crippen LogP contribution is 2.12. The molecule has 26 heavy (non-hydrogen) atoms. The van der Waals surface area contributed by atoms with Crippen LogP contribution in [0.4, 0.5) is 0 Å². The summed E-state index contributed by atoms with van der Waals surface area (Å²) in [5, 5.41) is 0. The summed E-state index contributed by atoms with van der Waals surface area (Å²) < 4.78 is 7.29. The lowest BCUT2D eigenvalue weighted by molar-refractivity contribution is 0.0760. The first-order valence-electron chi connectivity index (χ1n) is 9.09. The van der Waals surface area contributed by atoms with Crippen LogP contribution in [0.5, 0.6) is 0 Å². The second kappa shape index (κ2) is 8.91. The maximum absolute atomic E-state index is 12.7. The fourth-order valence-corrected chi connectivity index (χ4v) is 3.27. The van der Waals surface area contributed by atoms with E-state index in [-0.39, 0.29) is 5.91 Å². The van der Waals surface area contributed by atoms with E-state index in [0.717, 1.165) is 57.1 Å². The molecular weight excluding hydrogens is 330 g/mol. The van der Waals surface area contributed by atoms with Crippen molar-refractivity contribution in [2.75, 3.05) is 39.9 Å². The van der Waals surface area contributed by atoms with Crippen LogP contribution in [0.3, 0.4) is 0 Å². The Kier molecular flexibility index (Phi) is 6.35. The molecule has 0 aromatic carbocycles. The molecule has 1 saturated heterocycles. The number of hydrogen-bond acceptors (Lipinski definition) is 5. The number of amides is 1. The molecule has 7 nitrogen and oxygen atoms in total. The van der Waals surface area contributed by atoms with Crippen LogP contribution in [-0.2, 0) is 17.8 Å². The van der Waals surface area contributed by atoms with Gasteiger partial charge in [-0.2, -0.15) is 0 Å². The van der Waals surface area contributed by atoms with Crippen molar-refractivity contribution in [3.8, 4) is 0 Å². The second-order valence-electron chi connectivity index (χ2n) is 6.70. The highest BCUT2D eigenvalue weighted by atomic mass is 16.5. The van der Waals surface area contributed by atoms with Gasteiger partial charge in [-0.15, -0.1) is 0 Å². The zero-order valence-corrected chi connectivity index (χ0v) is 15.6. The standard InChI is InChI=1S/C19H27N5O2/c1-16-12-17(14-20-13-16)19(25)24-6-3-5-22(8-9-24)15-18-21-4-7-23(18)10-11-26-2/h4,7,12-14H,3,5-6,8-11,15H2,1-2H3. The Labute approximate surface area is 154 Å². The number of carbonyl (C=O) groups excluding carboxylic acids is 1. The molecule has 0 unspecified atom stereocenters. The van der Waals surface area contributed by atoms with Gasteiger partial charge in [0.15, 0.2) is 0 Å². The summed E-state index contributed by atoms with van der Waals surface area (Å²) in [4.78, 5) is 25.7. The average Bonchev–Trinajstić information content (AvgIpc) is 2.94. The lowest BCUT2D eigenvalue weighted by Crippen LogP contribution is -2.35. The lowest BCUT2D eigenvalue weighted by Gasteiger charge is -2.22. The first kappa shape index (κ1) is 18.5. The maximum atomic E-state index is 12.7. The molecule has 3 rings (SSSR count). The van der Waals surface area contributed by atoms with Crippen LogP contribution in [-0.4, -0.2) is 70.1 Å². The number of hydrogen-bond donors (Lipinski definition) is 0. The minimum atomic E-state index is 0.0737. The number of aryl methyl sites for hydroxylation is 1. The van der Waals surface area contributed by atoms with Gasteiger partial charge in [-0.3, -0.25) is 14.7 Å². The molecule has 3 heterocycles. The molecule has 0 aliphatic carbocycles. The van der Waals surface area contributed by atoms with E-state index in [1.54, 1.807) is 19.5 Å². The lowest BCUT2D eigenvalue weighted by atomic mass is 10.2. The summed E-state index contributed by atoms with van der Waals surface area (Å²) in [5.41, 5.74) is 1.68. The normalized spacial score (nSPS) is 15.8. The van der Waals surface area contributed by atoms with E-state index in [2.05, 4.69) is 19.4 Å². The van der Waals surface area contributed by atoms with Gasteiger partial charge in [0, 0.05) is 64.6 Å². The van der Waals surface area contributed by atoms with Crippen molar-refractivity contribution in [3.63, 3.8) is 0 Å². The third-order valence-corrected chi connectivity index (χ3v) is 4.70. The van der Waals surface area contributed by atoms with E-state index >= 15 is 0 Å². The molecule has 0 N–H and O–H groups in total. The van der Waals surface area contributed by atoms with Crippen LogP contribution >= 0.6 is 0 Å². The van der Waals surface area contributed by atoms with Gasteiger partial charge >= 0.3 is 0 Å². The summed E-state index contributed by atoms with van der Waals surface area (Å²) in [6, 6.07) is 1.91. The molecule has 0 spiro atoms. The van der Waals surface area contributed by atoms with Crippen LogP contribution in [0.25, 0.3) is 0 Å². The molecule has 1 aliphatic heterocycles. The van der Waals surface area contributed by atoms with E-state index in [1.165, 1.54) is 0 Å². The van der Waals surface area contributed by atoms with Crippen LogP contribution in [0.2, 0.25) is 0 Å². The number of rotatable bonds is 6. The fourth-order valence-electron chi connectivity index (χ4n) is 3.27. The SMILES string of the molecule is COCCn1ccnc1CN1CCCN(C(=O)c2cncc(C)c2)CC1. The predicted octanol–water partition coefficient (Wildman–Crippen LogP) is 1.58. The van der Waals surface area contributed by atoms with Crippen molar-refractivity contribution in [3.05, 3.63) is 47.8 Å². The molecule has 0 radical (unpaired) electrons. The molecule has 140 valence electrons. The van der Waals surface area contributed by atoms with Gasteiger partial charge in [-0.25, -0.2) is 4.98 Å². The van der Waals surface area contributed by atoms with Crippen LogP contribution < -0.4 is 0 Å². The number of methoxy groups -OCH3 is 1. The Balaban J connectivity index is 1.58. The third-order valence-electron chi connectivity index (χ3n) is 4.70. The molecule has 7 heteroatoms. The zero-order chi connectivity index (χ0) is 18.4. The van der Waals surface area contributed by atoms with Crippen LogP contribution in [0, 0.1) is 6.92 Å². The topological polar surface area (TPSA) is 63.5 Å². The van der Waals surface area contributed by atoms with Crippen molar-refractivity contribution in [2.24, 2.45) is 0 Å². The van der Waals surface area contributed by atoms with E-state index in [9.17, 15) is 4.79 Å². The first-order valence-corrected chi connectivity index (χ1v) is 9.09. The number of pyridine rings is 1. The Bertz CT molecular complexity index is 730. The summed E-state index contributed by atoms with van der Waals surface area (Å²) in [6.45, 7) is 7.56. The monoisotopic (exact) mass is 357 g/mol. The zero-order valence-electron chi connectivity index (χ0n) is 15.6. The largest absolute Gasteiger partial charge is 0.383 e. The van der Waals surface area contributed by atoms with Gasteiger partial charge in [0.2, 0.25) is 0 Å². The van der Waals surface area contributed by atoms with E-state index < -0.39 is 0 Å². The summed E-state index contributed by atoms with van der Waals surface area (Å²) >= 11 is 0. The van der Waals surface area contributed by atoms with Crippen molar-refractivity contribution in [1.82, 2.24) is 24.3 Å². The third kappa shape index (κ3) is 4.68. The Morgan fingerprint density at radius 3 is 2.92 bits per heavy atom. The Hall–Kier alpha value is -2.25. The maximum Gasteiger partial charge on any atom is 0.255 e. The molecule has 0 atom stereocenters. The van der Waals surface area contributed by atoms with Crippen molar-refractivity contribution in [2.45, 2.75) is 26.4 Å². The fraction of sp³-hybridized carbons (Fsp3) is 0.526. The first-order chi connectivity index (χ1) is 12.7. The van der Waals surface area contributed by atoms with Crippen molar-refractivity contribution in [1.29, 1.82) is 0 Å². The molecule has 1 amide bonds. The minimum Gasteiger partial charge on any atom is -0.383 e. The molecule has 1 aliphatic rings. The van der Waals surface area contributed by atoms with Gasteiger partial charge < -0.3 is 14.2 Å². The van der Waals surface area contributed by atoms with Gasteiger partial charge in [-0.05, 0) is 25.0 Å². The Morgan fingerprint density at radius 1 is 1.23 bits per heavy atom. The average molecular weight is 357 g/mol. The van der Waals surface area contributed by atoms with Gasteiger partial charge in [0.25, 0.3) is 5.91 Å². The highest BCUT2D eigenvalue weighted by Gasteiger charge is 2.21. The summed E-state index contributed by atoms with van der Waals surface area (Å²) in [5.74, 6) is 1.12. The molecule has 0 bridgehead atoms. The molecule has 0 saturated carbocycles. The number of ether oxygens (including phenoxy) is 1. The van der Waals surface area contributed by atoms with E-state index in [0.29, 0.717) is 12.2 Å². The summed E-state index contributed by atoms with van der Waals surface area (Å²) in [7, 11) is 1.71. The quantitative estimate of drug-likeness (QED) is 0.785. The van der Waals surface area contributed by atoms with E-state index in [4.69, 9.17) is 4.74 Å². The van der Waals surface area contributed by atoms with Crippen molar-refractivity contribution >= 4 is 5.91 Å². The number of carbonyl (C=O) groups is 1. The summed E-state index contributed by atoms with van der Waals surface area (Å²) in [6.07, 6.45) is 8.22. The van der Waals surface area contributed by atoms with E-state index in [1.807, 2.05) is 30.3 Å². The minimum absolute atomic E-state index is 0.0737. The number of nitrogens with zero attached hydrogens (tertiary/aromatic N) is 5. The smallest absolute Gasteiger partial charge is 0.255 e. The highest BCUT2D eigenvalue weighted by molar-refractivity contribution is 5.94. The number of aromatic nitrogens is 3. The van der Waals surface area contributed by atoms with Gasteiger partial charge in [-0.1, -0.05) is 0 Å². The number of imidazole rings is 1. The van der Waals surface area contributed by atoms with Crippen LogP contribution in [0.1, 0.15) is 28.2 Å². The molecular formula is C19H27N5O2. The molecule has 2 aromatic heterocycles. The van der Waals surface area contributed by atoms with Gasteiger partial charge in [0.1, 0.15) is 5.82 Å². The van der Waals surface area contributed by atoms with Crippen LogP contribution in [0.15, 0.2) is 30.9 Å². The van der Waals surface area contributed by atoms with Gasteiger partial charge in [0.05, 0.1) is 18.7 Å². The Morgan fingerprint density at radius 2 is 2.12 bits per heavy atom. The molecule has 2 aromatic rings.